The Bertz CT molecular complexity index is 1350. The summed E-state index contributed by atoms with van der Waals surface area (Å²) in [6, 6.07) is 6.33. The Balaban J connectivity index is 1.58. The Morgan fingerprint density at radius 1 is 1.23 bits per heavy atom. The number of hydrogen-bond acceptors (Lipinski definition) is 6. The Kier molecular flexibility index (Phi) is 7.92. The SMILES string of the molecule is C=C(C(=O)NC1CCC(C(O)(c2cncn2C)c2cnnn2C)CC(CC#N)C1)c1cccc(C(F)(F)F)c1. The first kappa shape index (κ1) is 28.0. The van der Waals surface area contributed by atoms with E-state index in [1.54, 1.807) is 31.2 Å². The number of nitrogens with zero attached hydrogens (tertiary/aromatic N) is 6. The van der Waals surface area contributed by atoms with Crippen LogP contribution in [0.5, 0.6) is 0 Å². The molecule has 0 saturated heterocycles. The lowest BCUT2D eigenvalue weighted by atomic mass is 9.75. The third-order valence-corrected chi connectivity index (χ3v) is 7.53. The third kappa shape index (κ3) is 5.73. The van der Waals surface area contributed by atoms with E-state index in [9.17, 15) is 28.3 Å². The average molecular weight is 542 g/mol. The molecular weight excluding hydrogens is 511 g/mol. The number of aromatic nitrogens is 5. The summed E-state index contributed by atoms with van der Waals surface area (Å²) in [5.74, 6) is -1.10. The smallest absolute Gasteiger partial charge is 0.377 e. The molecule has 0 aliphatic heterocycles. The monoisotopic (exact) mass is 541 g/mol. The van der Waals surface area contributed by atoms with Crippen LogP contribution in [0.4, 0.5) is 13.2 Å². The van der Waals surface area contributed by atoms with E-state index >= 15 is 0 Å². The molecule has 2 aromatic heterocycles. The molecule has 9 nitrogen and oxygen atoms in total. The fourth-order valence-electron chi connectivity index (χ4n) is 5.54. The first-order valence-electron chi connectivity index (χ1n) is 12.5. The van der Waals surface area contributed by atoms with Crippen LogP contribution in [-0.2, 0) is 30.7 Å². The minimum Gasteiger partial charge on any atom is -0.377 e. The zero-order chi connectivity index (χ0) is 28.4. The Morgan fingerprint density at radius 2 is 2.00 bits per heavy atom. The average Bonchev–Trinajstić information content (AvgIpc) is 3.47. The van der Waals surface area contributed by atoms with E-state index in [2.05, 4.69) is 33.3 Å². The quantitative estimate of drug-likeness (QED) is 0.347. The molecule has 1 aliphatic rings. The highest BCUT2D eigenvalue weighted by Gasteiger charge is 2.47. The van der Waals surface area contributed by atoms with Crippen LogP contribution in [-0.4, -0.2) is 41.6 Å². The van der Waals surface area contributed by atoms with Gasteiger partial charge in [-0.25, -0.2) is 9.67 Å². The molecule has 3 aromatic rings. The van der Waals surface area contributed by atoms with E-state index in [1.165, 1.54) is 23.0 Å². The van der Waals surface area contributed by atoms with E-state index in [-0.39, 0.29) is 35.4 Å². The number of alkyl halides is 3. The molecule has 1 fully saturated rings. The van der Waals surface area contributed by atoms with Crippen LogP contribution < -0.4 is 5.32 Å². The minimum atomic E-state index is -4.54. The van der Waals surface area contributed by atoms with Gasteiger partial charge in [-0.3, -0.25) is 4.79 Å². The van der Waals surface area contributed by atoms with Crippen molar-refractivity contribution in [3.63, 3.8) is 0 Å². The lowest BCUT2D eigenvalue weighted by Gasteiger charge is -2.36. The number of halogens is 3. The van der Waals surface area contributed by atoms with Gasteiger partial charge in [-0.15, -0.1) is 5.10 Å². The number of hydrogen-bond donors (Lipinski definition) is 2. The van der Waals surface area contributed by atoms with Crippen LogP contribution in [0, 0.1) is 23.2 Å². The van der Waals surface area contributed by atoms with Gasteiger partial charge in [0.05, 0.1) is 41.7 Å². The molecule has 4 atom stereocenters. The second-order valence-electron chi connectivity index (χ2n) is 10.1. The number of aryl methyl sites for hydroxylation is 2. The number of benzene rings is 1. The van der Waals surface area contributed by atoms with Crippen LogP contribution in [0.1, 0.15) is 54.6 Å². The second kappa shape index (κ2) is 11.0. The maximum Gasteiger partial charge on any atom is 0.416 e. The molecule has 1 aliphatic carbocycles. The number of amides is 1. The Hall–Kier alpha value is -3.98. The van der Waals surface area contributed by atoms with E-state index in [4.69, 9.17) is 0 Å². The topological polar surface area (TPSA) is 122 Å². The van der Waals surface area contributed by atoms with Gasteiger partial charge >= 0.3 is 6.18 Å². The van der Waals surface area contributed by atoms with Crippen molar-refractivity contribution in [2.45, 2.75) is 49.9 Å². The summed E-state index contributed by atoms with van der Waals surface area (Å²) in [6.07, 6.45) is 2.28. The zero-order valence-electron chi connectivity index (χ0n) is 21.7. The molecule has 12 heteroatoms. The molecule has 1 aromatic carbocycles. The van der Waals surface area contributed by atoms with Gasteiger partial charge in [0.25, 0.3) is 5.91 Å². The first-order valence-corrected chi connectivity index (χ1v) is 12.5. The second-order valence-corrected chi connectivity index (χ2v) is 10.1. The van der Waals surface area contributed by atoms with Crippen molar-refractivity contribution in [1.82, 2.24) is 29.9 Å². The Morgan fingerprint density at radius 3 is 2.62 bits per heavy atom. The standard InChI is InChI=1S/C27H30F3N7O2/c1-17(19-5-4-6-21(13-19)27(28,29)30)25(38)34-22-8-7-20(11-18(12-22)9-10-31)26(39,23-14-32-16-36(23)2)24-15-33-35-37(24)3/h4-6,13-16,18,20,22,39H,1,7-9,11-12H2,2-3H3,(H,34,38). The molecule has 2 heterocycles. The summed E-state index contributed by atoms with van der Waals surface area (Å²) in [5, 5.41) is 32.7. The highest BCUT2D eigenvalue weighted by atomic mass is 19.4. The maximum absolute atomic E-state index is 13.2. The van der Waals surface area contributed by atoms with Gasteiger partial charge in [0.2, 0.25) is 0 Å². The predicted octanol–water partition coefficient (Wildman–Crippen LogP) is 3.72. The van der Waals surface area contributed by atoms with Crippen molar-refractivity contribution in [3.05, 3.63) is 72.1 Å². The number of rotatable bonds is 7. The lowest BCUT2D eigenvalue weighted by Crippen LogP contribution is -2.40. The number of aliphatic hydroxyl groups is 1. The summed E-state index contributed by atoms with van der Waals surface area (Å²) in [7, 11) is 3.47. The number of carbonyl (C=O) groups excluding carboxylic acids is 1. The van der Waals surface area contributed by atoms with Crippen molar-refractivity contribution in [2.75, 3.05) is 0 Å². The summed E-state index contributed by atoms with van der Waals surface area (Å²) < 4.78 is 42.7. The summed E-state index contributed by atoms with van der Waals surface area (Å²) >= 11 is 0. The molecule has 0 radical (unpaired) electrons. The Labute approximate surface area is 224 Å². The summed E-state index contributed by atoms with van der Waals surface area (Å²) in [6.45, 7) is 3.74. The van der Waals surface area contributed by atoms with Gasteiger partial charge in [-0.1, -0.05) is 23.9 Å². The molecular formula is C27H30F3N7O2. The fourth-order valence-corrected chi connectivity index (χ4v) is 5.54. The lowest BCUT2D eigenvalue weighted by molar-refractivity contribution is -0.137. The molecule has 0 spiro atoms. The highest BCUT2D eigenvalue weighted by molar-refractivity contribution is 6.18. The van der Waals surface area contributed by atoms with Gasteiger partial charge in [0.1, 0.15) is 0 Å². The van der Waals surface area contributed by atoms with Crippen molar-refractivity contribution in [1.29, 1.82) is 5.26 Å². The summed E-state index contributed by atoms with van der Waals surface area (Å²) in [4.78, 5) is 17.2. The van der Waals surface area contributed by atoms with Gasteiger partial charge < -0.3 is 15.0 Å². The van der Waals surface area contributed by atoms with Crippen molar-refractivity contribution < 1.29 is 23.1 Å². The summed E-state index contributed by atoms with van der Waals surface area (Å²) in [5.41, 5.74) is -1.35. The molecule has 0 bridgehead atoms. The largest absolute Gasteiger partial charge is 0.416 e. The van der Waals surface area contributed by atoms with Crippen LogP contribution >= 0.6 is 0 Å². The number of nitriles is 1. The van der Waals surface area contributed by atoms with Gasteiger partial charge in [-0.05, 0) is 55.2 Å². The van der Waals surface area contributed by atoms with Crippen LogP contribution in [0.2, 0.25) is 0 Å². The molecule has 4 unspecified atom stereocenters. The first-order chi connectivity index (χ1) is 18.4. The van der Waals surface area contributed by atoms with Crippen molar-refractivity contribution in [2.24, 2.45) is 25.9 Å². The normalized spacial score (nSPS) is 21.4. The molecule has 4 rings (SSSR count). The highest BCUT2D eigenvalue weighted by Crippen LogP contribution is 2.45. The van der Waals surface area contributed by atoms with Gasteiger partial charge in [0, 0.05) is 32.1 Å². The maximum atomic E-state index is 13.2. The van der Waals surface area contributed by atoms with E-state index in [1.807, 2.05) is 0 Å². The number of imidazole rings is 1. The van der Waals surface area contributed by atoms with Gasteiger partial charge in [0.15, 0.2) is 5.60 Å². The van der Waals surface area contributed by atoms with E-state index in [0.717, 1.165) is 12.1 Å². The fraction of sp³-hybridized carbons (Fsp3) is 0.444. The van der Waals surface area contributed by atoms with Crippen molar-refractivity contribution in [3.8, 4) is 6.07 Å². The predicted molar refractivity (Wildman–Crippen MR) is 135 cm³/mol. The molecule has 2 N–H and O–H groups in total. The van der Waals surface area contributed by atoms with E-state index in [0.29, 0.717) is 37.1 Å². The number of nitrogens with one attached hydrogen (secondary N) is 1. The van der Waals surface area contributed by atoms with Crippen LogP contribution in [0.3, 0.4) is 0 Å². The third-order valence-electron chi connectivity index (χ3n) is 7.53. The van der Waals surface area contributed by atoms with Crippen LogP contribution in [0.25, 0.3) is 5.57 Å². The number of carbonyl (C=O) groups is 1. The van der Waals surface area contributed by atoms with Crippen molar-refractivity contribution >= 4 is 11.5 Å². The van der Waals surface area contributed by atoms with Crippen LogP contribution in [0.15, 0.2) is 49.6 Å². The molecule has 206 valence electrons. The minimum absolute atomic E-state index is 0.0777. The van der Waals surface area contributed by atoms with E-state index < -0.39 is 23.2 Å². The molecule has 1 amide bonds. The molecule has 1 saturated carbocycles. The molecule has 39 heavy (non-hydrogen) atoms. The van der Waals surface area contributed by atoms with Gasteiger partial charge in [-0.2, -0.15) is 18.4 Å². The zero-order valence-corrected chi connectivity index (χ0v) is 21.7.